The van der Waals surface area contributed by atoms with Crippen LogP contribution in [0.5, 0.6) is 0 Å². The first-order chi connectivity index (χ1) is 10.4. The molecule has 5 heteroatoms. The summed E-state index contributed by atoms with van der Waals surface area (Å²) in [6, 6.07) is 5.71. The summed E-state index contributed by atoms with van der Waals surface area (Å²) < 4.78 is 0. The number of carbonyl (C=O) groups is 3. The van der Waals surface area contributed by atoms with E-state index >= 15 is 0 Å². The Morgan fingerprint density at radius 2 is 1.77 bits per heavy atom. The van der Waals surface area contributed by atoms with Crippen LogP contribution in [0.25, 0.3) is 0 Å². The standard InChI is InChI=1S/C17H23NO4/c1-12-6-7-13(2)14(11-12)15(19)8-9-16(20)18-10-4-3-5-17(21)22/h6-7,11H,3-5,8-10H2,1-2H3,(H,18,20)(H,21,22). The minimum absolute atomic E-state index is 0.0257. The van der Waals surface area contributed by atoms with Gasteiger partial charge < -0.3 is 10.4 Å². The van der Waals surface area contributed by atoms with Crippen molar-refractivity contribution in [2.24, 2.45) is 0 Å². The lowest BCUT2D eigenvalue weighted by Gasteiger charge is -2.07. The van der Waals surface area contributed by atoms with Crippen LogP contribution in [0.3, 0.4) is 0 Å². The van der Waals surface area contributed by atoms with E-state index in [2.05, 4.69) is 5.32 Å². The lowest BCUT2D eigenvalue weighted by Crippen LogP contribution is -2.25. The monoisotopic (exact) mass is 305 g/mol. The molecule has 0 radical (unpaired) electrons. The van der Waals surface area contributed by atoms with Crippen molar-refractivity contribution in [3.05, 3.63) is 34.9 Å². The zero-order valence-corrected chi connectivity index (χ0v) is 13.1. The molecule has 0 saturated carbocycles. The number of hydrogen-bond acceptors (Lipinski definition) is 3. The molecule has 0 aromatic heterocycles. The van der Waals surface area contributed by atoms with Crippen molar-refractivity contribution < 1.29 is 19.5 Å². The number of carboxylic acid groups (broad SMARTS) is 1. The SMILES string of the molecule is Cc1ccc(C)c(C(=O)CCC(=O)NCCCCC(=O)O)c1. The summed E-state index contributed by atoms with van der Waals surface area (Å²) in [5, 5.41) is 11.2. The summed E-state index contributed by atoms with van der Waals surface area (Å²) in [5.41, 5.74) is 2.62. The highest BCUT2D eigenvalue weighted by atomic mass is 16.4. The molecular weight excluding hydrogens is 282 g/mol. The molecule has 0 atom stereocenters. The van der Waals surface area contributed by atoms with Crippen molar-refractivity contribution in [3.63, 3.8) is 0 Å². The maximum atomic E-state index is 12.1. The third-order valence-electron chi connectivity index (χ3n) is 3.41. The maximum absolute atomic E-state index is 12.1. The van der Waals surface area contributed by atoms with Crippen LogP contribution in [0.4, 0.5) is 0 Å². The highest BCUT2D eigenvalue weighted by Crippen LogP contribution is 2.13. The van der Waals surface area contributed by atoms with Crippen molar-refractivity contribution in [1.29, 1.82) is 0 Å². The van der Waals surface area contributed by atoms with Gasteiger partial charge in [-0.2, -0.15) is 0 Å². The summed E-state index contributed by atoms with van der Waals surface area (Å²) in [6.45, 7) is 4.26. The van der Waals surface area contributed by atoms with E-state index in [-0.39, 0.29) is 31.0 Å². The van der Waals surface area contributed by atoms with Crippen LogP contribution >= 0.6 is 0 Å². The molecular formula is C17H23NO4. The zero-order valence-electron chi connectivity index (χ0n) is 13.1. The minimum atomic E-state index is -0.828. The number of benzene rings is 1. The molecule has 1 amide bonds. The lowest BCUT2D eigenvalue weighted by molar-refractivity contribution is -0.137. The molecule has 0 fully saturated rings. The first-order valence-corrected chi connectivity index (χ1v) is 7.49. The summed E-state index contributed by atoms with van der Waals surface area (Å²) >= 11 is 0. The van der Waals surface area contributed by atoms with E-state index in [9.17, 15) is 14.4 Å². The fourth-order valence-electron chi connectivity index (χ4n) is 2.12. The number of carboxylic acids is 1. The molecule has 1 aromatic rings. The molecule has 0 saturated heterocycles. The van der Waals surface area contributed by atoms with Crippen LogP contribution < -0.4 is 5.32 Å². The number of aliphatic carboxylic acids is 1. The number of Topliss-reactive ketones (excluding diaryl/α,β-unsaturated/α-hetero) is 1. The van der Waals surface area contributed by atoms with E-state index in [1.165, 1.54) is 0 Å². The quantitative estimate of drug-likeness (QED) is 0.542. The van der Waals surface area contributed by atoms with Gasteiger partial charge in [0.05, 0.1) is 0 Å². The molecule has 0 spiro atoms. The molecule has 0 heterocycles. The fraction of sp³-hybridized carbons (Fsp3) is 0.471. The molecule has 1 aromatic carbocycles. The zero-order chi connectivity index (χ0) is 16.5. The fourth-order valence-corrected chi connectivity index (χ4v) is 2.12. The first-order valence-electron chi connectivity index (χ1n) is 7.49. The van der Waals surface area contributed by atoms with Gasteiger partial charge in [0.15, 0.2) is 5.78 Å². The predicted octanol–water partition coefficient (Wildman–Crippen LogP) is 2.64. The number of rotatable bonds is 9. The van der Waals surface area contributed by atoms with Crippen LogP contribution in [-0.4, -0.2) is 29.3 Å². The van der Waals surface area contributed by atoms with Crippen molar-refractivity contribution in [2.45, 2.75) is 46.0 Å². The number of amides is 1. The normalized spacial score (nSPS) is 10.3. The van der Waals surface area contributed by atoms with Crippen LogP contribution in [0, 0.1) is 13.8 Å². The van der Waals surface area contributed by atoms with Gasteiger partial charge in [0, 0.05) is 31.4 Å². The molecule has 1 rings (SSSR count). The molecule has 0 bridgehead atoms. The van der Waals surface area contributed by atoms with Gasteiger partial charge >= 0.3 is 5.97 Å². The number of hydrogen-bond donors (Lipinski definition) is 2. The molecule has 22 heavy (non-hydrogen) atoms. The lowest BCUT2D eigenvalue weighted by atomic mass is 9.99. The number of carbonyl (C=O) groups excluding carboxylic acids is 2. The summed E-state index contributed by atoms with van der Waals surface area (Å²) in [7, 11) is 0. The summed E-state index contributed by atoms with van der Waals surface area (Å²) in [5.74, 6) is -1.03. The Morgan fingerprint density at radius 3 is 2.45 bits per heavy atom. The Bertz CT molecular complexity index is 552. The van der Waals surface area contributed by atoms with Gasteiger partial charge in [-0.15, -0.1) is 0 Å². The second-order valence-electron chi connectivity index (χ2n) is 5.44. The van der Waals surface area contributed by atoms with Crippen molar-refractivity contribution in [2.75, 3.05) is 6.54 Å². The van der Waals surface area contributed by atoms with Crippen molar-refractivity contribution in [3.8, 4) is 0 Å². The third-order valence-corrected chi connectivity index (χ3v) is 3.41. The van der Waals surface area contributed by atoms with Crippen LogP contribution in [0.15, 0.2) is 18.2 Å². The van der Waals surface area contributed by atoms with E-state index < -0.39 is 5.97 Å². The molecule has 0 aliphatic heterocycles. The Morgan fingerprint density at radius 1 is 1.05 bits per heavy atom. The van der Waals surface area contributed by atoms with E-state index in [1.807, 2.05) is 32.0 Å². The summed E-state index contributed by atoms with van der Waals surface area (Å²) in [6.07, 6.45) is 1.62. The van der Waals surface area contributed by atoms with Crippen molar-refractivity contribution in [1.82, 2.24) is 5.32 Å². The maximum Gasteiger partial charge on any atom is 0.303 e. The highest BCUT2D eigenvalue weighted by molar-refractivity contribution is 5.99. The van der Waals surface area contributed by atoms with Gasteiger partial charge in [0.2, 0.25) is 5.91 Å². The highest BCUT2D eigenvalue weighted by Gasteiger charge is 2.11. The average Bonchev–Trinajstić information content (AvgIpc) is 2.46. The Labute approximate surface area is 130 Å². The smallest absolute Gasteiger partial charge is 0.303 e. The van der Waals surface area contributed by atoms with Gasteiger partial charge in [-0.05, 0) is 38.3 Å². The van der Waals surface area contributed by atoms with Gasteiger partial charge in [-0.1, -0.05) is 17.7 Å². The largest absolute Gasteiger partial charge is 0.481 e. The number of ketones is 1. The molecule has 0 aliphatic rings. The number of aryl methyl sites for hydroxylation is 2. The van der Waals surface area contributed by atoms with Gasteiger partial charge in [0.25, 0.3) is 0 Å². The molecule has 5 nitrogen and oxygen atoms in total. The molecule has 0 unspecified atom stereocenters. The van der Waals surface area contributed by atoms with Gasteiger partial charge in [-0.25, -0.2) is 0 Å². The Hall–Kier alpha value is -2.17. The minimum Gasteiger partial charge on any atom is -0.481 e. The van der Waals surface area contributed by atoms with Crippen molar-refractivity contribution >= 4 is 17.7 Å². The predicted molar refractivity (Wildman–Crippen MR) is 84.0 cm³/mol. The van der Waals surface area contributed by atoms with E-state index in [0.717, 1.165) is 11.1 Å². The molecule has 120 valence electrons. The van der Waals surface area contributed by atoms with E-state index in [4.69, 9.17) is 5.11 Å². The second kappa shape index (κ2) is 8.97. The Kier molecular flexibility index (Phi) is 7.29. The van der Waals surface area contributed by atoms with E-state index in [1.54, 1.807) is 0 Å². The van der Waals surface area contributed by atoms with E-state index in [0.29, 0.717) is 24.9 Å². The number of nitrogens with one attached hydrogen (secondary N) is 1. The number of unbranched alkanes of at least 4 members (excludes halogenated alkanes) is 1. The average molecular weight is 305 g/mol. The van der Waals surface area contributed by atoms with Gasteiger partial charge in [-0.3, -0.25) is 14.4 Å². The van der Waals surface area contributed by atoms with Gasteiger partial charge in [0.1, 0.15) is 0 Å². The molecule has 2 N–H and O–H groups in total. The van der Waals surface area contributed by atoms with Crippen LogP contribution in [0.2, 0.25) is 0 Å². The topological polar surface area (TPSA) is 83.5 Å². The molecule has 0 aliphatic carbocycles. The third kappa shape index (κ3) is 6.52. The first kappa shape index (κ1) is 17.9. The Balaban J connectivity index is 2.30. The second-order valence-corrected chi connectivity index (χ2v) is 5.44. The summed E-state index contributed by atoms with van der Waals surface area (Å²) in [4.78, 5) is 34.1. The van der Waals surface area contributed by atoms with Crippen LogP contribution in [0.1, 0.15) is 53.6 Å². The van der Waals surface area contributed by atoms with Crippen LogP contribution in [-0.2, 0) is 9.59 Å².